The van der Waals surface area contributed by atoms with Crippen LogP contribution in [0.25, 0.3) is 0 Å². The minimum absolute atomic E-state index is 0.121. The lowest BCUT2D eigenvalue weighted by atomic mass is 10.1. The van der Waals surface area contributed by atoms with E-state index in [1.165, 1.54) is 0 Å². The second-order valence-corrected chi connectivity index (χ2v) is 7.42. The molecule has 1 spiro atoms. The molecule has 1 aromatic rings. The molecule has 1 saturated heterocycles. The first kappa shape index (κ1) is 15.3. The lowest BCUT2D eigenvalue weighted by Crippen LogP contribution is -2.58. The summed E-state index contributed by atoms with van der Waals surface area (Å²) in [7, 11) is 0. The fraction of sp³-hybridized carbons (Fsp3) is 0.667. The van der Waals surface area contributed by atoms with E-state index in [4.69, 9.17) is 16.3 Å². The number of hydrogen-bond donors (Lipinski definition) is 0. The van der Waals surface area contributed by atoms with Gasteiger partial charge in [0, 0.05) is 19.6 Å². The Balaban J connectivity index is 1.70. The summed E-state index contributed by atoms with van der Waals surface area (Å²) in [5, 5.41) is 0.525. The van der Waals surface area contributed by atoms with Gasteiger partial charge < -0.3 is 9.64 Å². The maximum atomic E-state index is 12.4. The Kier molecular flexibility index (Phi) is 3.67. The lowest BCUT2D eigenvalue weighted by Gasteiger charge is -2.42. The largest absolute Gasteiger partial charge is 0.444 e. The van der Waals surface area contributed by atoms with Crippen molar-refractivity contribution in [3.63, 3.8) is 0 Å². The average molecular weight is 325 g/mol. The van der Waals surface area contributed by atoms with E-state index in [0.29, 0.717) is 24.1 Å². The van der Waals surface area contributed by atoms with Crippen molar-refractivity contribution in [3.8, 4) is 0 Å². The van der Waals surface area contributed by atoms with E-state index in [1.807, 2.05) is 25.7 Å². The number of ether oxygens (including phenoxy) is 1. The zero-order chi connectivity index (χ0) is 16.0. The SMILES string of the molecule is CC(C)(C)OC(=O)N1CCN(c2ncc(Cl)cn2)CC12CC2. The van der Waals surface area contributed by atoms with E-state index in [9.17, 15) is 4.79 Å². The summed E-state index contributed by atoms with van der Waals surface area (Å²) in [5.41, 5.74) is -0.590. The number of piperazine rings is 1. The molecule has 1 aliphatic carbocycles. The van der Waals surface area contributed by atoms with Crippen LogP contribution >= 0.6 is 11.6 Å². The molecule has 120 valence electrons. The van der Waals surface area contributed by atoms with Gasteiger partial charge in [0.25, 0.3) is 0 Å². The topological polar surface area (TPSA) is 58.6 Å². The summed E-state index contributed by atoms with van der Waals surface area (Å²) in [5.74, 6) is 0.666. The normalized spacial score (nSPS) is 20.2. The highest BCUT2D eigenvalue weighted by Crippen LogP contribution is 2.45. The molecule has 0 bridgehead atoms. The highest BCUT2D eigenvalue weighted by molar-refractivity contribution is 6.30. The molecule has 2 heterocycles. The van der Waals surface area contributed by atoms with E-state index >= 15 is 0 Å². The van der Waals surface area contributed by atoms with Crippen molar-refractivity contribution in [2.45, 2.75) is 44.8 Å². The van der Waals surface area contributed by atoms with Gasteiger partial charge in [0.15, 0.2) is 0 Å². The summed E-state index contributed by atoms with van der Waals surface area (Å²) in [6, 6.07) is 0. The maximum absolute atomic E-state index is 12.4. The molecular weight excluding hydrogens is 304 g/mol. The first-order chi connectivity index (χ1) is 10.3. The Morgan fingerprint density at radius 1 is 1.27 bits per heavy atom. The second kappa shape index (κ2) is 5.26. The summed E-state index contributed by atoms with van der Waals surface area (Å²) in [4.78, 5) is 24.9. The summed E-state index contributed by atoms with van der Waals surface area (Å²) >= 11 is 5.83. The predicted octanol–water partition coefficient (Wildman–Crippen LogP) is 2.72. The Labute approximate surface area is 135 Å². The third-order valence-electron chi connectivity index (χ3n) is 3.98. The van der Waals surface area contributed by atoms with Gasteiger partial charge in [-0.2, -0.15) is 0 Å². The van der Waals surface area contributed by atoms with Crippen LogP contribution in [0.15, 0.2) is 12.4 Å². The van der Waals surface area contributed by atoms with Crippen LogP contribution in [0, 0.1) is 0 Å². The van der Waals surface area contributed by atoms with Crippen molar-refractivity contribution >= 4 is 23.6 Å². The molecule has 1 saturated carbocycles. The van der Waals surface area contributed by atoms with Crippen molar-refractivity contribution in [1.29, 1.82) is 0 Å². The molecule has 0 unspecified atom stereocenters. The molecule has 0 atom stereocenters. The Bertz CT molecular complexity index is 566. The van der Waals surface area contributed by atoms with Crippen LogP contribution in [0.5, 0.6) is 0 Å². The summed E-state index contributed by atoms with van der Waals surface area (Å²) in [6.45, 7) is 7.74. The highest BCUT2D eigenvalue weighted by atomic mass is 35.5. The number of hydrogen-bond acceptors (Lipinski definition) is 5. The number of amides is 1. The van der Waals surface area contributed by atoms with Gasteiger partial charge in [-0.1, -0.05) is 11.6 Å². The van der Waals surface area contributed by atoms with E-state index < -0.39 is 5.60 Å². The van der Waals surface area contributed by atoms with Crippen molar-refractivity contribution in [1.82, 2.24) is 14.9 Å². The first-order valence-electron chi connectivity index (χ1n) is 7.52. The van der Waals surface area contributed by atoms with Crippen LogP contribution in [0.4, 0.5) is 10.7 Å². The van der Waals surface area contributed by atoms with Crippen molar-refractivity contribution in [2.75, 3.05) is 24.5 Å². The molecule has 2 aliphatic rings. The Hall–Kier alpha value is -1.56. The third-order valence-corrected chi connectivity index (χ3v) is 4.18. The maximum Gasteiger partial charge on any atom is 0.410 e. The third kappa shape index (κ3) is 3.11. The van der Waals surface area contributed by atoms with Crippen molar-refractivity contribution in [2.24, 2.45) is 0 Å². The monoisotopic (exact) mass is 324 g/mol. The molecule has 1 aromatic heterocycles. The molecule has 0 radical (unpaired) electrons. The number of aromatic nitrogens is 2. The molecular formula is C15H21ClN4O2. The summed E-state index contributed by atoms with van der Waals surface area (Å²) < 4.78 is 5.53. The van der Waals surface area contributed by atoms with E-state index in [0.717, 1.165) is 19.4 Å². The number of nitrogens with zero attached hydrogens (tertiary/aromatic N) is 4. The Morgan fingerprint density at radius 2 is 1.91 bits per heavy atom. The fourth-order valence-electron chi connectivity index (χ4n) is 2.79. The molecule has 0 aromatic carbocycles. The lowest BCUT2D eigenvalue weighted by molar-refractivity contribution is 0.0105. The molecule has 1 amide bonds. The Morgan fingerprint density at radius 3 is 2.45 bits per heavy atom. The zero-order valence-electron chi connectivity index (χ0n) is 13.2. The zero-order valence-corrected chi connectivity index (χ0v) is 13.9. The van der Waals surface area contributed by atoms with Crippen molar-refractivity contribution in [3.05, 3.63) is 17.4 Å². The number of rotatable bonds is 1. The van der Waals surface area contributed by atoms with Gasteiger partial charge in [-0.15, -0.1) is 0 Å². The smallest absolute Gasteiger partial charge is 0.410 e. The molecule has 7 heteroatoms. The van der Waals surface area contributed by atoms with E-state index in [1.54, 1.807) is 12.4 Å². The fourth-order valence-corrected chi connectivity index (χ4v) is 2.89. The van der Waals surface area contributed by atoms with Gasteiger partial charge in [0.1, 0.15) is 5.60 Å². The van der Waals surface area contributed by atoms with Gasteiger partial charge in [-0.3, -0.25) is 4.90 Å². The standard InChI is InChI=1S/C15H21ClN4O2/c1-14(2,3)22-13(21)20-7-6-19(10-15(20)4-5-15)12-17-8-11(16)9-18-12/h8-9H,4-7,10H2,1-3H3. The van der Waals surface area contributed by atoms with Crippen LogP contribution in [-0.2, 0) is 4.74 Å². The highest BCUT2D eigenvalue weighted by Gasteiger charge is 2.54. The number of anilines is 1. The van der Waals surface area contributed by atoms with Gasteiger partial charge >= 0.3 is 6.09 Å². The summed E-state index contributed by atoms with van der Waals surface area (Å²) in [6.07, 6.45) is 4.97. The minimum atomic E-state index is -0.469. The van der Waals surface area contributed by atoms with Crippen LogP contribution in [0.2, 0.25) is 5.02 Å². The minimum Gasteiger partial charge on any atom is -0.444 e. The van der Waals surface area contributed by atoms with Crippen LogP contribution in [0.3, 0.4) is 0 Å². The molecule has 3 rings (SSSR count). The number of halogens is 1. The van der Waals surface area contributed by atoms with E-state index in [-0.39, 0.29) is 11.6 Å². The predicted molar refractivity (Wildman–Crippen MR) is 84.2 cm³/mol. The molecule has 0 N–H and O–H groups in total. The van der Waals surface area contributed by atoms with Crippen LogP contribution < -0.4 is 4.90 Å². The average Bonchev–Trinajstić information content (AvgIpc) is 3.17. The quantitative estimate of drug-likeness (QED) is 0.795. The van der Waals surface area contributed by atoms with Crippen molar-refractivity contribution < 1.29 is 9.53 Å². The molecule has 1 aliphatic heterocycles. The van der Waals surface area contributed by atoms with E-state index in [2.05, 4.69) is 14.9 Å². The molecule has 6 nitrogen and oxygen atoms in total. The van der Waals surface area contributed by atoms with Crippen LogP contribution in [0.1, 0.15) is 33.6 Å². The second-order valence-electron chi connectivity index (χ2n) is 6.98. The van der Waals surface area contributed by atoms with Gasteiger partial charge in [-0.25, -0.2) is 14.8 Å². The van der Waals surface area contributed by atoms with Gasteiger partial charge in [-0.05, 0) is 33.6 Å². The molecule has 2 fully saturated rings. The first-order valence-corrected chi connectivity index (χ1v) is 7.90. The number of carbonyl (C=O) groups is 1. The molecule has 22 heavy (non-hydrogen) atoms. The number of carbonyl (C=O) groups excluding carboxylic acids is 1. The van der Waals surface area contributed by atoms with Gasteiger partial charge in [0.05, 0.1) is 23.0 Å². The van der Waals surface area contributed by atoms with Crippen LogP contribution in [-0.4, -0.2) is 51.7 Å². The van der Waals surface area contributed by atoms with Gasteiger partial charge in [0.2, 0.25) is 5.95 Å².